The van der Waals surface area contributed by atoms with Gasteiger partial charge in [-0.05, 0) is 31.4 Å². The van der Waals surface area contributed by atoms with Gasteiger partial charge in [-0.1, -0.05) is 90.4 Å². The minimum atomic E-state index is -0.0849. The van der Waals surface area contributed by atoms with Crippen molar-refractivity contribution in [2.45, 2.75) is 116 Å². The van der Waals surface area contributed by atoms with E-state index >= 15 is 0 Å². The fourth-order valence-corrected chi connectivity index (χ4v) is 5.73. The van der Waals surface area contributed by atoms with Gasteiger partial charge in [0.2, 0.25) is 0 Å². The van der Waals surface area contributed by atoms with E-state index in [1.807, 2.05) is 12.1 Å². The number of Topliss-reactive ketones (excluding diaryl/α,β-unsaturated/α-hetero) is 1. The molecule has 178 valence electrons. The monoisotopic (exact) mass is 458 g/mol. The molecule has 0 spiro atoms. The van der Waals surface area contributed by atoms with Crippen LogP contribution in [-0.2, 0) is 4.79 Å². The SMILES string of the molecule is CCCCCCCCCCCCCCC(C(=O)C1CCC1)c1sc(N)nc1-c1ccco1. The Balaban J connectivity index is 1.44. The fraction of sp³-hybridized carbons (Fsp3) is 0.704. The lowest BCUT2D eigenvalue weighted by atomic mass is 9.76. The second-order valence-electron chi connectivity index (χ2n) is 9.50. The molecule has 0 aliphatic heterocycles. The van der Waals surface area contributed by atoms with Crippen LogP contribution in [0.3, 0.4) is 0 Å². The molecule has 3 rings (SSSR count). The molecule has 0 amide bonds. The van der Waals surface area contributed by atoms with Crippen LogP contribution >= 0.6 is 11.3 Å². The van der Waals surface area contributed by atoms with E-state index in [2.05, 4.69) is 11.9 Å². The molecule has 4 nitrogen and oxygen atoms in total. The maximum absolute atomic E-state index is 13.3. The number of carbonyl (C=O) groups is 1. The Morgan fingerprint density at radius 3 is 2.22 bits per heavy atom. The third-order valence-electron chi connectivity index (χ3n) is 6.94. The highest BCUT2D eigenvalue weighted by atomic mass is 32.1. The minimum Gasteiger partial charge on any atom is -0.463 e. The van der Waals surface area contributed by atoms with Gasteiger partial charge in [-0.2, -0.15) is 0 Å². The Labute approximate surface area is 198 Å². The molecule has 2 N–H and O–H groups in total. The van der Waals surface area contributed by atoms with Crippen LogP contribution in [-0.4, -0.2) is 10.8 Å². The summed E-state index contributed by atoms with van der Waals surface area (Å²) in [5.41, 5.74) is 6.84. The first-order valence-corrected chi connectivity index (χ1v) is 13.9. The van der Waals surface area contributed by atoms with Gasteiger partial charge in [0.25, 0.3) is 0 Å². The lowest BCUT2D eigenvalue weighted by molar-refractivity contribution is -0.126. The Hall–Kier alpha value is -1.62. The van der Waals surface area contributed by atoms with Crippen molar-refractivity contribution in [2.24, 2.45) is 5.92 Å². The highest BCUT2D eigenvalue weighted by Crippen LogP contribution is 2.42. The molecule has 2 aromatic heterocycles. The largest absolute Gasteiger partial charge is 0.463 e. The Bertz CT molecular complexity index is 780. The van der Waals surface area contributed by atoms with E-state index < -0.39 is 0 Å². The number of nitrogens with zero attached hydrogens (tertiary/aromatic N) is 1. The average Bonchev–Trinajstić information content (AvgIpc) is 3.40. The van der Waals surface area contributed by atoms with Crippen molar-refractivity contribution >= 4 is 22.3 Å². The van der Waals surface area contributed by atoms with Gasteiger partial charge in [0, 0.05) is 10.8 Å². The van der Waals surface area contributed by atoms with Crippen LogP contribution in [0.4, 0.5) is 5.13 Å². The van der Waals surface area contributed by atoms with Crippen LogP contribution in [0.2, 0.25) is 0 Å². The maximum atomic E-state index is 13.3. The van der Waals surface area contributed by atoms with E-state index in [9.17, 15) is 4.79 Å². The van der Waals surface area contributed by atoms with Gasteiger partial charge in [0.1, 0.15) is 11.5 Å². The van der Waals surface area contributed by atoms with Crippen molar-refractivity contribution in [2.75, 3.05) is 5.73 Å². The summed E-state index contributed by atoms with van der Waals surface area (Å²) in [7, 11) is 0. The van der Waals surface area contributed by atoms with Gasteiger partial charge in [0.05, 0.1) is 12.2 Å². The highest BCUT2D eigenvalue weighted by molar-refractivity contribution is 7.16. The van der Waals surface area contributed by atoms with E-state index in [0.29, 0.717) is 16.7 Å². The minimum absolute atomic E-state index is 0.0849. The topological polar surface area (TPSA) is 69.1 Å². The first-order valence-electron chi connectivity index (χ1n) is 13.0. The first kappa shape index (κ1) is 25.0. The van der Waals surface area contributed by atoms with E-state index in [0.717, 1.165) is 36.3 Å². The standard InChI is InChI=1S/C27H42N2O2S/c1-2-3-4-5-6-7-8-9-10-11-12-13-18-22(25(30)21-16-14-17-21)26-24(29-27(28)32-26)23-19-15-20-31-23/h15,19-22H,2-14,16-18H2,1H3,(H2,28,29). The van der Waals surface area contributed by atoms with Crippen LogP contribution in [0.1, 0.15) is 120 Å². The number of ketones is 1. The molecule has 5 heteroatoms. The predicted molar refractivity (Wildman–Crippen MR) is 135 cm³/mol. The third-order valence-corrected chi connectivity index (χ3v) is 7.94. The van der Waals surface area contributed by atoms with Gasteiger partial charge in [-0.3, -0.25) is 4.79 Å². The molecule has 1 atom stereocenters. The summed E-state index contributed by atoms with van der Waals surface area (Å²) in [4.78, 5) is 18.8. The predicted octanol–water partition coefficient (Wildman–Crippen LogP) is 8.53. The molecule has 32 heavy (non-hydrogen) atoms. The number of furan rings is 1. The number of nitrogen functional groups attached to an aromatic ring is 1. The van der Waals surface area contributed by atoms with Crippen LogP contribution in [0.15, 0.2) is 22.8 Å². The zero-order valence-corrected chi connectivity index (χ0v) is 20.8. The molecular formula is C27H42N2O2S. The molecule has 1 fully saturated rings. The normalized spacial score (nSPS) is 15.0. The zero-order chi connectivity index (χ0) is 22.6. The lowest BCUT2D eigenvalue weighted by Crippen LogP contribution is -2.27. The molecule has 1 aliphatic rings. The average molecular weight is 459 g/mol. The van der Waals surface area contributed by atoms with Crippen molar-refractivity contribution in [3.63, 3.8) is 0 Å². The van der Waals surface area contributed by atoms with E-state index in [1.54, 1.807) is 6.26 Å². The molecule has 1 saturated carbocycles. The maximum Gasteiger partial charge on any atom is 0.180 e. The van der Waals surface area contributed by atoms with Crippen molar-refractivity contribution in [3.05, 3.63) is 23.3 Å². The van der Waals surface area contributed by atoms with Gasteiger partial charge in [0.15, 0.2) is 10.9 Å². The molecular weight excluding hydrogens is 416 g/mol. The summed E-state index contributed by atoms with van der Waals surface area (Å²) in [6.07, 6.45) is 21.8. The zero-order valence-electron chi connectivity index (χ0n) is 19.9. The van der Waals surface area contributed by atoms with E-state index in [-0.39, 0.29) is 11.8 Å². The number of nitrogens with two attached hydrogens (primary N) is 1. The van der Waals surface area contributed by atoms with Crippen LogP contribution in [0.25, 0.3) is 11.5 Å². The summed E-state index contributed by atoms with van der Waals surface area (Å²) in [5.74, 6) is 1.26. The van der Waals surface area contributed by atoms with E-state index in [1.165, 1.54) is 88.4 Å². The number of thiazole rings is 1. The number of hydrogen-bond acceptors (Lipinski definition) is 5. The second-order valence-corrected chi connectivity index (χ2v) is 10.6. The van der Waals surface area contributed by atoms with Gasteiger partial charge >= 0.3 is 0 Å². The first-order chi connectivity index (χ1) is 15.7. The Kier molecular flexibility index (Phi) is 10.8. The molecule has 0 saturated heterocycles. The molecule has 1 unspecified atom stereocenters. The molecule has 1 aliphatic carbocycles. The van der Waals surface area contributed by atoms with Crippen molar-refractivity contribution in [3.8, 4) is 11.5 Å². The third kappa shape index (κ3) is 7.47. The van der Waals surface area contributed by atoms with Crippen LogP contribution in [0, 0.1) is 5.92 Å². The summed E-state index contributed by atoms with van der Waals surface area (Å²) in [6, 6.07) is 3.77. The van der Waals surface area contributed by atoms with E-state index in [4.69, 9.17) is 10.2 Å². The van der Waals surface area contributed by atoms with Gasteiger partial charge < -0.3 is 10.2 Å². The van der Waals surface area contributed by atoms with Crippen LogP contribution < -0.4 is 5.73 Å². The molecule has 0 bridgehead atoms. The van der Waals surface area contributed by atoms with Crippen molar-refractivity contribution < 1.29 is 9.21 Å². The number of rotatable bonds is 17. The van der Waals surface area contributed by atoms with Gasteiger partial charge in [-0.15, -0.1) is 11.3 Å². The lowest BCUT2D eigenvalue weighted by Gasteiger charge is -2.28. The number of anilines is 1. The highest BCUT2D eigenvalue weighted by Gasteiger charge is 2.35. The Morgan fingerprint density at radius 2 is 1.69 bits per heavy atom. The molecule has 0 aromatic carbocycles. The smallest absolute Gasteiger partial charge is 0.180 e. The molecule has 0 radical (unpaired) electrons. The summed E-state index contributed by atoms with van der Waals surface area (Å²) >= 11 is 1.47. The summed E-state index contributed by atoms with van der Waals surface area (Å²) < 4.78 is 5.60. The molecule has 2 heterocycles. The van der Waals surface area contributed by atoms with Crippen LogP contribution in [0.5, 0.6) is 0 Å². The fourth-order valence-electron chi connectivity index (χ4n) is 4.74. The molecule has 2 aromatic rings. The Morgan fingerprint density at radius 1 is 1.06 bits per heavy atom. The summed E-state index contributed by atoms with van der Waals surface area (Å²) in [5, 5.41) is 0.521. The number of hydrogen-bond donors (Lipinski definition) is 1. The van der Waals surface area contributed by atoms with Crippen molar-refractivity contribution in [1.82, 2.24) is 4.98 Å². The quantitative estimate of drug-likeness (QED) is 0.241. The van der Waals surface area contributed by atoms with Crippen molar-refractivity contribution in [1.29, 1.82) is 0 Å². The summed E-state index contributed by atoms with van der Waals surface area (Å²) in [6.45, 7) is 2.27. The number of carbonyl (C=O) groups excluding carboxylic acids is 1. The second kappa shape index (κ2) is 13.8. The number of aromatic nitrogens is 1. The van der Waals surface area contributed by atoms with Gasteiger partial charge in [-0.25, -0.2) is 4.98 Å². The number of unbranched alkanes of at least 4 members (excludes halogenated alkanes) is 11.